The van der Waals surface area contributed by atoms with Gasteiger partial charge in [-0.05, 0) is 24.1 Å². The molecule has 1 aromatic carbocycles. The third-order valence-electron chi connectivity index (χ3n) is 3.02. The van der Waals surface area contributed by atoms with Crippen LogP contribution in [-0.4, -0.2) is 15.7 Å². The maximum absolute atomic E-state index is 13.1. The van der Waals surface area contributed by atoms with E-state index >= 15 is 0 Å². The van der Waals surface area contributed by atoms with E-state index in [0.717, 1.165) is 10.9 Å². The zero-order valence-corrected chi connectivity index (χ0v) is 11.8. The predicted molar refractivity (Wildman–Crippen MR) is 70.5 cm³/mol. The largest absolute Gasteiger partial charge is 0.435 e. The number of rotatable bonds is 3. The van der Waals surface area contributed by atoms with Crippen molar-refractivity contribution in [3.63, 3.8) is 0 Å². The summed E-state index contributed by atoms with van der Waals surface area (Å²) in [6.07, 6.45) is -3.70. The van der Waals surface area contributed by atoms with E-state index in [1.54, 1.807) is 6.92 Å². The third-order valence-corrected chi connectivity index (χ3v) is 3.02. The second-order valence-corrected chi connectivity index (χ2v) is 4.83. The minimum atomic E-state index is -4.71. The molecule has 0 atom stereocenters. The lowest BCUT2D eigenvalue weighted by Gasteiger charge is -2.08. The van der Waals surface area contributed by atoms with Gasteiger partial charge in [-0.15, -0.1) is 0 Å². The fourth-order valence-corrected chi connectivity index (χ4v) is 1.96. The highest BCUT2D eigenvalue weighted by Crippen LogP contribution is 2.30. The van der Waals surface area contributed by atoms with Gasteiger partial charge < -0.3 is 5.32 Å². The van der Waals surface area contributed by atoms with E-state index in [4.69, 9.17) is 0 Å². The van der Waals surface area contributed by atoms with Gasteiger partial charge in [-0.1, -0.05) is 12.1 Å². The molecule has 1 aromatic heterocycles. The molecule has 0 aliphatic rings. The molecule has 0 spiro atoms. The van der Waals surface area contributed by atoms with Crippen LogP contribution in [0.15, 0.2) is 24.4 Å². The maximum Gasteiger partial charge on any atom is 0.435 e. The Hall–Kier alpha value is -2.38. The van der Waals surface area contributed by atoms with Gasteiger partial charge in [-0.3, -0.25) is 9.48 Å². The third kappa shape index (κ3) is 3.44. The van der Waals surface area contributed by atoms with Gasteiger partial charge in [0.1, 0.15) is 5.82 Å². The summed E-state index contributed by atoms with van der Waals surface area (Å²) in [5, 5.41) is 5.64. The zero-order chi connectivity index (χ0) is 16.5. The van der Waals surface area contributed by atoms with Crippen LogP contribution in [0.2, 0.25) is 0 Å². The van der Waals surface area contributed by atoms with E-state index in [-0.39, 0.29) is 12.4 Å². The van der Waals surface area contributed by atoms with Crippen LogP contribution in [0.3, 0.4) is 0 Å². The van der Waals surface area contributed by atoms with Crippen molar-refractivity contribution in [2.45, 2.75) is 19.6 Å². The number of alkyl halides is 3. The van der Waals surface area contributed by atoms with Gasteiger partial charge in [0.05, 0.1) is 5.56 Å². The van der Waals surface area contributed by atoms with Gasteiger partial charge in [0.2, 0.25) is 0 Å². The fraction of sp³-hybridized carbons (Fsp3) is 0.286. The lowest BCUT2D eigenvalue weighted by Crippen LogP contribution is -2.25. The number of benzene rings is 1. The first kappa shape index (κ1) is 16.0. The molecule has 0 saturated heterocycles. The van der Waals surface area contributed by atoms with Gasteiger partial charge in [0.15, 0.2) is 5.69 Å². The fourth-order valence-electron chi connectivity index (χ4n) is 1.96. The molecule has 1 amide bonds. The predicted octanol–water partition coefficient (Wildman–Crippen LogP) is 2.82. The molecule has 0 bridgehead atoms. The quantitative estimate of drug-likeness (QED) is 0.885. The van der Waals surface area contributed by atoms with Gasteiger partial charge >= 0.3 is 6.18 Å². The molecule has 1 N–H and O–H groups in total. The first-order chi connectivity index (χ1) is 10.2. The van der Waals surface area contributed by atoms with Crippen LogP contribution in [-0.2, 0) is 19.8 Å². The molecule has 22 heavy (non-hydrogen) atoms. The molecule has 118 valence electrons. The van der Waals surface area contributed by atoms with Crippen LogP contribution in [0.4, 0.5) is 17.6 Å². The number of aromatic nitrogens is 2. The summed E-state index contributed by atoms with van der Waals surface area (Å²) in [7, 11) is 1.30. The minimum Gasteiger partial charge on any atom is -0.348 e. The highest BCUT2D eigenvalue weighted by molar-refractivity contribution is 5.95. The molecule has 2 rings (SSSR count). The molecule has 2 aromatic rings. The van der Waals surface area contributed by atoms with E-state index in [1.165, 1.54) is 25.2 Å². The molecular formula is C14H13F4N3O. The van der Waals surface area contributed by atoms with Crippen LogP contribution in [0, 0.1) is 12.7 Å². The van der Waals surface area contributed by atoms with E-state index < -0.39 is 23.3 Å². The van der Waals surface area contributed by atoms with Crippen molar-refractivity contribution >= 4 is 5.91 Å². The molecular weight excluding hydrogens is 302 g/mol. The van der Waals surface area contributed by atoms with Crippen LogP contribution >= 0.6 is 0 Å². The summed E-state index contributed by atoms with van der Waals surface area (Å²) in [6.45, 7) is 1.55. The van der Waals surface area contributed by atoms with Crippen molar-refractivity contribution in [3.8, 4) is 0 Å². The van der Waals surface area contributed by atoms with Gasteiger partial charge in [0, 0.05) is 19.8 Å². The van der Waals surface area contributed by atoms with E-state index in [0.29, 0.717) is 11.1 Å². The first-order valence-electron chi connectivity index (χ1n) is 6.32. The molecule has 0 unspecified atom stereocenters. The van der Waals surface area contributed by atoms with Gasteiger partial charge in [0.25, 0.3) is 5.91 Å². The summed E-state index contributed by atoms with van der Waals surface area (Å²) in [6, 6.07) is 4.21. The van der Waals surface area contributed by atoms with Gasteiger partial charge in [-0.25, -0.2) is 4.39 Å². The number of amides is 1. The Labute approximate surface area is 123 Å². The monoisotopic (exact) mass is 315 g/mol. The molecule has 0 saturated carbocycles. The van der Waals surface area contributed by atoms with Crippen molar-refractivity contribution in [1.29, 1.82) is 0 Å². The Bertz CT molecular complexity index is 707. The molecule has 0 fully saturated rings. The number of hydrogen-bond donors (Lipinski definition) is 1. The van der Waals surface area contributed by atoms with Crippen LogP contribution in [0.25, 0.3) is 0 Å². The Morgan fingerprint density at radius 2 is 2.05 bits per heavy atom. The van der Waals surface area contributed by atoms with Crippen LogP contribution in [0.5, 0.6) is 0 Å². The molecule has 4 nitrogen and oxygen atoms in total. The van der Waals surface area contributed by atoms with Crippen molar-refractivity contribution in [2.24, 2.45) is 7.05 Å². The van der Waals surface area contributed by atoms with Crippen LogP contribution in [0.1, 0.15) is 27.2 Å². The maximum atomic E-state index is 13.1. The summed E-state index contributed by atoms with van der Waals surface area (Å²) in [4.78, 5) is 11.9. The second kappa shape index (κ2) is 5.78. The Kier molecular flexibility index (Phi) is 4.20. The van der Waals surface area contributed by atoms with Crippen molar-refractivity contribution < 1.29 is 22.4 Å². The average Bonchev–Trinajstić information content (AvgIpc) is 2.82. The number of nitrogens with one attached hydrogen (secondary N) is 1. The number of aryl methyl sites for hydroxylation is 2. The summed E-state index contributed by atoms with van der Waals surface area (Å²) >= 11 is 0. The highest BCUT2D eigenvalue weighted by atomic mass is 19.4. The molecule has 0 radical (unpaired) electrons. The molecule has 0 aliphatic carbocycles. The molecule has 8 heteroatoms. The minimum absolute atomic E-state index is 0.00779. The first-order valence-corrected chi connectivity index (χ1v) is 6.32. The number of hydrogen-bond acceptors (Lipinski definition) is 2. The SMILES string of the molecule is Cc1cc(CNC(=O)c2cn(C)nc2C(F)(F)F)ccc1F. The summed E-state index contributed by atoms with van der Waals surface area (Å²) < 4.78 is 52.4. The highest BCUT2D eigenvalue weighted by Gasteiger charge is 2.38. The number of carbonyl (C=O) groups excluding carboxylic acids is 1. The standard InChI is InChI=1S/C14H13F4N3O/c1-8-5-9(3-4-11(8)15)6-19-13(22)10-7-21(2)20-12(10)14(16,17)18/h3-5,7H,6H2,1-2H3,(H,19,22). The average molecular weight is 315 g/mol. The van der Waals surface area contributed by atoms with Gasteiger partial charge in [-0.2, -0.15) is 18.3 Å². The summed E-state index contributed by atoms with van der Waals surface area (Å²) in [5.41, 5.74) is -0.801. The lowest BCUT2D eigenvalue weighted by atomic mass is 10.1. The Morgan fingerprint density at radius 3 is 2.64 bits per heavy atom. The topological polar surface area (TPSA) is 46.9 Å². The molecule has 1 heterocycles. The Morgan fingerprint density at radius 1 is 1.36 bits per heavy atom. The number of carbonyl (C=O) groups is 1. The zero-order valence-electron chi connectivity index (χ0n) is 11.8. The van der Waals surface area contributed by atoms with E-state index in [1.807, 2.05) is 0 Å². The lowest BCUT2D eigenvalue weighted by molar-refractivity contribution is -0.141. The van der Waals surface area contributed by atoms with E-state index in [2.05, 4.69) is 10.4 Å². The smallest absolute Gasteiger partial charge is 0.348 e. The van der Waals surface area contributed by atoms with Crippen molar-refractivity contribution in [3.05, 3.63) is 52.6 Å². The number of halogens is 4. The second-order valence-electron chi connectivity index (χ2n) is 4.83. The molecule has 0 aliphatic heterocycles. The van der Waals surface area contributed by atoms with Crippen molar-refractivity contribution in [1.82, 2.24) is 15.1 Å². The normalized spacial score (nSPS) is 11.5. The Balaban J connectivity index is 2.14. The number of nitrogens with zero attached hydrogens (tertiary/aromatic N) is 2. The van der Waals surface area contributed by atoms with Crippen molar-refractivity contribution in [2.75, 3.05) is 0 Å². The van der Waals surface area contributed by atoms with E-state index in [9.17, 15) is 22.4 Å². The van der Waals surface area contributed by atoms with Crippen LogP contribution < -0.4 is 5.32 Å². The summed E-state index contributed by atoms with van der Waals surface area (Å²) in [5.74, 6) is -1.27.